The van der Waals surface area contributed by atoms with Crippen molar-refractivity contribution in [3.05, 3.63) is 11.8 Å². The molecule has 1 heterocycles. The van der Waals surface area contributed by atoms with Crippen molar-refractivity contribution in [2.75, 3.05) is 27.3 Å². The number of allylic oxidation sites excluding steroid dienone is 1. The number of hydrogen-bond acceptors (Lipinski definition) is 4. The molecule has 17 heavy (non-hydrogen) atoms. The minimum absolute atomic E-state index is 0.0271. The second-order valence-corrected chi connectivity index (χ2v) is 6.16. The van der Waals surface area contributed by atoms with Crippen LogP contribution in [0.4, 0.5) is 0 Å². The van der Waals surface area contributed by atoms with Crippen molar-refractivity contribution < 1.29 is 18.4 Å². The monoisotopic (exact) mass is 261 g/mol. The molecule has 0 atom stereocenters. The normalized spacial score (nSPS) is 21.1. The summed E-state index contributed by atoms with van der Waals surface area (Å²) in [6.45, 7) is 7.06. The first-order valence-corrected chi connectivity index (χ1v) is 6.53. The number of carbonyl (C=O) groups is 1. The Morgan fingerprint density at radius 1 is 1.35 bits per heavy atom. The zero-order valence-corrected chi connectivity index (χ0v) is 11.9. The second kappa shape index (κ2) is 5.80. The molecule has 1 amide bonds. The van der Waals surface area contributed by atoms with Gasteiger partial charge in [0.2, 0.25) is 5.91 Å². The molecule has 0 aliphatic carbocycles. The van der Waals surface area contributed by atoms with Crippen LogP contribution in [0.3, 0.4) is 0 Å². The van der Waals surface area contributed by atoms with Gasteiger partial charge in [-0.05, 0) is 6.92 Å². The highest BCUT2D eigenvalue weighted by Crippen LogP contribution is 2.48. The fourth-order valence-corrected chi connectivity index (χ4v) is 2.41. The van der Waals surface area contributed by atoms with Gasteiger partial charge in [-0.25, -0.2) is 0 Å². The summed E-state index contributed by atoms with van der Waals surface area (Å²) < 4.78 is 16.4. The molecule has 0 spiro atoms. The molecule has 0 aromatic heterocycles. The number of likely N-dealkylation sites (N-methyl/N-ethyl adjacent to an activating group) is 1. The fraction of sp³-hybridized carbons (Fsp3) is 0.727. The summed E-state index contributed by atoms with van der Waals surface area (Å²) in [7, 11) is 2.02. The van der Waals surface area contributed by atoms with Crippen molar-refractivity contribution in [1.29, 1.82) is 0 Å². The van der Waals surface area contributed by atoms with Crippen molar-refractivity contribution in [3.63, 3.8) is 0 Å². The lowest BCUT2D eigenvalue weighted by atomic mass is 9.97. The van der Waals surface area contributed by atoms with Gasteiger partial charge in [0.05, 0.1) is 13.2 Å². The van der Waals surface area contributed by atoms with Crippen molar-refractivity contribution in [2.45, 2.75) is 20.8 Å². The third-order valence-electron chi connectivity index (χ3n) is 2.11. The maximum absolute atomic E-state index is 11.4. The molecule has 1 rings (SSSR count). The van der Waals surface area contributed by atoms with Gasteiger partial charge in [0, 0.05) is 25.6 Å². The van der Waals surface area contributed by atoms with E-state index in [4.69, 9.17) is 13.6 Å². The summed E-state index contributed by atoms with van der Waals surface area (Å²) in [5.74, 6) is 0.393. The number of hydrogen-bond donors (Lipinski definition) is 0. The van der Waals surface area contributed by atoms with E-state index in [9.17, 15) is 4.79 Å². The Morgan fingerprint density at radius 3 is 2.35 bits per heavy atom. The predicted molar refractivity (Wildman–Crippen MR) is 66.1 cm³/mol. The van der Waals surface area contributed by atoms with Gasteiger partial charge in [-0.2, -0.15) is 0 Å². The molecule has 0 aromatic rings. The summed E-state index contributed by atoms with van der Waals surface area (Å²) in [6.07, 6.45) is 1.43. The molecular formula is C11H20NO4P. The van der Waals surface area contributed by atoms with Crippen molar-refractivity contribution in [2.24, 2.45) is 5.41 Å². The molecule has 0 aromatic carbocycles. The summed E-state index contributed by atoms with van der Waals surface area (Å²) in [6, 6.07) is 0. The molecule has 1 aliphatic rings. The minimum Gasteiger partial charge on any atom is -0.431 e. The van der Waals surface area contributed by atoms with E-state index in [1.807, 2.05) is 0 Å². The highest BCUT2D eigenvalue weighted by Gasteiger charge is 2.31. The van der Waals surface area contributed by atoms with Gasteiger partial charge in [-0.1, -0.05) is 13.8 Å². The first-order valence-electron chi connectivity index (χ1n) is 5.44. The zero-order valence-electron chi connectivity index (χ0n) is 11.0. The summed E-state index contributed by atoms with van der Waals surface area (Å²) in [5.41, 5.74) is 0.0271. The lowest BCUT2D eigenvalue weighted by Gasteiger charge is -2.32. The largest absolute Gasteiger partial charge is 0.431 e. The molecule has 1 fully saturated rings. The van der Waals surface area contributed by atoms with Gasteiger partial charge in [0.15, 0.2) is 0 Å². The molecule has 0 saturated carbocycles. The van der Waals surface area contributed by atoms with E-state index in [1.54, 1.807) is 21.0 Å². The Morgan fingerprint density at radius 2 is 1.88 bits per heavy atom. The van der Waals surface area contributed by atoms with E-state index < -0.39 is 8.60 Å². The molecule has 0 unspecified atom stereocenters. The van der Waals surface area contributed by atoms with Crippen molar-refractivity contribution in [1.82, 2.24) is 4.90 Å². The van der Waals surface area contributed by atoms with Gasteiger partial charge >= 0.3 is 8.60 Å². The maximum atomic E-state index is 11.4. The Bertz CT molecular complexity index is 305. The third kappa shape index (κ3) is 5.02. The molecular weight excluding hydrogens is 241 g/mol. The van der Waals surface area contributed by atoms with Crippen LogP contribution in [0.25, 0.3) is 0 Å². The van der Waals surface area contributed by atoms with E-state index in [0.717, 1.165) is 0 Å². The third-order valence-corrected chi connectivity index (χ3v) is 3.22. The second-order valence-electron chi connectivity index (χ2n) is 5.01. The van der Waals surface area contributed by atoms with Crippen LogP contribution in [0.2, 0.25) is 0 Å². The topological polar surface area (TPSA) is 48.0 Å². The fourth-order valence-electron chi connectivity index (χ4n) is 1.03. The number of rotatable bonds is 3. The highest BCUT2D eigenvalue weighted by atomic mass is 31.2. The Labute approximate surface area is 104 Å². The van der Waals surface area contributed by atoms with Gasteiger partial charge in [-0.3, -0.25) is 4.79 Å². The van der Waals surface area contributed by atoms with Crippen molar-refractivity contribution in [3.8, 4) is 0 Å². The SMILES string of the molecule is C/C(=C\C(=O)N(C)C)OP1OCC(C)(C)CO1. The van der Waals surface area contributed by atoms with Crippen LogP contribution in [0, 0.1) is 5.41 Å². The molecule has 6 heteroatoms. The van der Waals surface area contributed by atoms with Crippen LogP contribution >= 0.6 is 8.60 Å². The number of amides is 1. The number of carbonyl (C=O) groups excluding carboxylic acids is 1. The van der Waals surface area contributed by atoms with Crippen LogP contribution in [-0.4, -0.2) is 38.1 Å². The first-order chi connectivity index (χ1) is 7.80. The molecule has 5 nitrogen and oxygen atoms in total. The van der Waals surface area contributed by atoms with Crippen LogP contribution in [-0.2, 0) is 18.4 Å². The van der Waals surface area contributed by atoms with E-state index in [2.05, 4.69) is 13.8 Å². The average molecular weight is 261 g/mol. The smallest absolute Gasteiger partial charge is 0.396 e. The summed E-state index contributed by atoms with van der Waals surface area (Å²) in [5, 5.41) is 0. The van der Waals surface area contributed by atoms with E-state index in [1.165, 1.54) is 11.0 Å². The van der Waals surface area contributed by atoms with Crippen LogP contribution in [0.1, 0.15) is 20.8 Å². The van der Waals surface area contributed by atoms with E-state index in [-0.39, 0.29) is 11.3 Å². The maximum Gasteiger partial charge on any atom is 0.396 e. The Kier molecular flexibility index (Phi) is 4.92. The quantitative estimate of drug-likeness (QED) is 0.444. The Balaban J connectivity index is 2.43. The van der Waals surface area contributed by atoms with E-state index in [0.29, 0.717) is 19.0 Å². The molecule has 98 valence electrons. The van der Waals surface area contributed by atoms with E-state index >= 15 is 0 Å². The number of nitrogens with zero attached hydrogens (tertiary/aromatic N) is 1. The van der Waals surface area contributed by atoms with Crippen LogP contribution in [0.15, 0.2) is 11.8 Å². The Hall–Kier alpha value is -0.640. The highest BCUT2D eigenvalue weighted by molar-refractivity contribution is 7.41. The molecule has 1 saturated heterocycles. The standard InChI is InChI=1S/C11H20NO4P/c1-9(6-10(13)12(4)5)16-17-14-7-11(2,3)8-15-17/h6H,7-8H2,1-5H3/b9-6+. The van der Waals surface area contributed by atoms with Gasteiger partial charge in [0.25, 0.3) is 0 Å². The zero-order chi connectivity index (χ0) is 13.1. The predicted octanol–water partition coefficient (Wildman–Crippen LogP) is 2.29. The average Bonchev–Trinajstić information content (AvgIpc) is 2.21. The molecule has 1 aliphatic heterocycles. The molecule has 0 N–H and O–H groups in total. The lowest BCUT2D eigenvalue weighted by molar-refractivity contribution is -0.123. The van der Waals surface area contributed by atoms with Gasteiger partial charge < -0.3 is 18.5 Å². The van der Waals surface area contributed by atoms with Crippen LogP contribution in [0.5, 0.6) is 0 Å². The lowest BCUT2D eigenvalue weighted by Crippen LogP contribution is -2.28. The summed E-state index contributed by atoms with van der Waals surface area (Å²) >= 11 is 0. The summed E-state index contributed by atoms with van der Waals surface area (Å²) in [4.78, 5) is 12.9. The van der Waals surface area contributed by atoms with Gasteiger partial charge in [-0.15, -0.1) is 0 Å². The molecule has 0 bridgehead atoms. The minimum atomic E-state index is -1.36. The molecule has 0 radical (unpaired) electrons. The first kappa shape index (κ1) is 14.4. The van der Waals surface area contributed by atoms with Crippen molar-refractivity contribution >= 4 is 14.5 Å². The van der Waals surface area contributed by atoms with Crippen LogP contribution < -0.4 is 0 Å². The van der Waals surface area contributed by atoms with Gasteiger partial charge in [0.1, 0.15) is 5.76 Å².